The van der Waals surface area contributed by atoms with Crippen molar-refractivity contribution in [1.82, 2.24) is 9.13 Å². The highest BCUT2D eigenvalue weighted by Gasteiger charge is 2.53. The number of hydrogen-bond acceptors (Lipinski definition) is 1. The molecule has 4 heterocycles. The summed E-state index contributed by atoms with van der Waals surface area (Å²) in [5, 5.41) is 4.94. The molecule has 2 aliphatic carbocycles. The largest absolute Gasteiger partial charge is 0.313 e. The normalized spacial score (nSPS) is 14.1. The zero-order chi connectivity index (χ0) is 62.8. The van der Waals surface area contributed by atoms with Crippen LogP contribution >= 0.6 is 0 Å². The van der Waals surface area contributed by atoms with E-state index in [2.05, 4.69) is 322 Å². The average molecular weight is 1180 g/mol. The third-order valence-corrected chi connectivity index (χ3v) is 21.9. The first kappa shape index (κ1) is 55.0. The second-order valence-corrected chi connectivity index (χ2v) is 29.5. The van der Waals surface area contributed by atoms with Gasteiger partial charge in [0, 0.05) is 49.9 Å². The summed E-state index contributed by atoms with van der Waals surface area (Å²) in [7, 11) is 0. The maximum absolute atomic E-state index is 2.71. The summed E-state index contributed by atoms with van der Waals surface area (Å²) in [5.41, 5.74) is 39.5. The van der Waals surface area contributed by atoms with Crippen molar-refractivity contribution in [2.24, 2.45) is 0 Å². The van der Waals surface area contributed by atoms with Crippen LogP contribution in [0.15, 0.2) is 224 Å². The number of fused-ring (bicyclic) bond motifs is 21. The van der Waals surface area contributed by atoms with Gasteiger partial charge in [-0.2, -0.15) is 0 Å². The Bertz CT molecular complexity index is 5340. The van der Waals surface area contributed by atoms with E-state index in [1.54, 1.807) is 0 Å². The van der Waals surface area contributed by atoms with E-state index in [4.69, 9.17) is 0 Å². The Hall–Kier alpha value is -9.83. The number of para-hydroxylation sites is 2. The van der Waals surface area contributed by atoms with Crippen LogP contribution in [0.25, 0.3) is 77.2 Å². The van der Waals surface area contributed by atoms with Gasteiger partial charge in [-0.25, -0.2) is 0 Å². The molecule has 2 aromatic heterocycles. The first-order valence-electron chi connectivity index (χ1n) is 33.2. The lowest BCUT2D eigenvalue weighted by molar-refractivity contribution is 0.590. The van der Waals surface area contributed by atoms with Crippen LogP contribution in [-0.2, 0) is 16.2 Å². The summed E-state index contributed by atoms with van der Waals surface area (Å²) >= 11 is 0. The van der Waals surface area contributed by atoms with E-state index in [0.29, 0.717) is 0 Å². The predicted octanol–water partition coefficient (Wildman–Crippen LogP) is 17.8. The fourth-order valence-corrected chi connectivity index (χ4v) is 18.4. The van der Waals surface area contributed by atoms with Crippen LogP contribution < -0.4 is 37.7 Å². The van der Waals surface area contributed by atoms with Crippen LogP contribution in [0, 0.1) is 41.5 Å². The highest BCUT2D eigenvalue weighted by atomic mass is 15.2. The summed E-state index contributed by atoms with van der Waals surface area (Å²) in [5.74, 6) is 0. The highest BCUT2D eigenvalue weighted by Crippen LogP contribution is 2.64. The van der Waals surface area contributed by atoms with Crippen LogP contribution in [-0.4, -0.2) is 22.6 Å². The quantitative estimate of drug-likeness (QED) is 0.160. The summed E-state index contributed by atoms with van der Waals surface area (Å²) in [6.45, 7) is 28.0. The van der Waals surface area contributed by atoms with Gasteiger partial charge in [0.25, 0.3) is 0 Å². The Morgan fingerprint density at radius 1 is 0.337 bits per heavy atom. The first-order chi connectivity index (χ1) is 44.4. The number of benzene rings is 12. The Morgan fingerprint density at radius 2 is 0.739 bits per heavy atom. The second kappa shape index (κ2) is 19.1. The molecule has 0 saturated heterocycles. The maximum atomic E-state index is 2.71. The lowest BCUT2D eigenvalue weighted by Crippen LogP contribution is -2.66. The van der Waals surface area contributed by atoms with Crippen molar-refractivity contribution in [3.8, 4) is 33.6 Å². The fraction of sp³-hybridized carbons (Fsp3) is 0.172. The molecule has 0 bridgehead atoms. The van der Waals surface area contributed by atoms with E-state index in [9.17, 15) is 0 Å². The van der Waals surface area contributed by atoms with Crippen molar-refractivity contribution in [2.45, 2.75) is 99.3 Å². The van der Waals surface area contributed by atoms with E-state index in [-0.39, 0.29) is 24.3 Å². The van der Waals surface area contributed by atoms with Crippen LogP contribution in [0.4, 0.5) is 17.1 Å². The highest BCUT2D eigenvalue weighted by molar-refractivity contribution is 7.02. The molecule has 0 radical (unpaired) electrons. The van der Waals surface area contributed by atoms with E-state index in [1.165, 1.54) is 194 Å². The number of aryl methyl sites for hydroxylation is 6. The number of hydrogen-bond donors (Lipinski definition) is 0. The molecule has 12 aromatic carbocycles. The van der Waals surface area contributed by atoms with Crippen molar-refractivity contribution in [3.63, 3.8) is 0 Å². The molecule has 18 rings (SSSR count). The molecule has 4 aliphatic rings. The summed E-state index contributed by atoms with van der Waals surface area (Å²) in [4.78, 5) is 2.70. The van der Waals surface area contributed by atoms with Gasteiger partial charge in [-0.1, -0.05) is 268 Å². The predicted molar refractivity (Wildman–Crippen MR) is 394 cm³/mol. The molecule has 0 atom stereocenters. The molecule has 14 aromatic rings. The lowest BCUT2D eigenvalue weighted by Gasteiger charge is -2.45. The Morgan fingerprint density at radius 3 is 1.21 bits per heavy atom. The van der Waals surface area contributed by atoms with Gasteiger partial charge in [0.15, 0.2) is 0 Å². The maximum Gasteiger partial charge on any atom is 0.247 e. The molecular formula is C87H73B2N3. The molecular weight excluding hydrogens is 1110 g/mol. The van der Waals surface area contributed by atoms with Gasteiger partial charge in [-0.15, -0.1) is 0 Å². The molecule has 0 fully saturated rings. The molecule has 92 heavy (non-hydrogen) atoms. The third-order valence-electron chi connectivity index (χ3n) is 21.9. The summed E-state index contributed by atoms with van der Waals surface area (Å²) in [6.07, 6.45) is 0. The molecule has 0 unspecified atom stereocenters. The zero-order valence-electron chi connectivity index (χ0n) is 54.9. The molecule has 0 amide bonds. The van der Waals surface area contributed by atoms with Gasteiger partial charge in [0.2, 0.25) is 13.4 Å². The number of rotatable bonds is 4. The molecule has 1 spiro atoms. The van der Waals surface area contributed by atoms with E-state index in [0.717, 1.165) is 0 Å². The van der Waals surface area contributed by atoms with Crippen LogP contribution in [0.1, 0.15) is 108 Å². The first-order valence-corrected chi connectivity index (χ1v) is 33.2. The Labute approximate surface area is 541 Å². The van der Waals surface area contributed by atoms with E-state index >= 15 is 0 Å². The monoisotopic (exact) mass is 1180 g/mol. The van der Waals surface area contributed by atoms with Gasteiger partial charge in [-0.05, 0) is 167 Å². The molecule has 3 nitrogen and oxygen atoms in total. The topological polar surface area (TPSA) is 13.1 Å². The van der Waals surface area contributed by atoms with Gasteiger partial charge in [0.05, 0.1) is 33.2 Å². The smallest absolute Gasteiger partial charge is 0.247 e. The minimum absolute atomic E-state index is 0.0874. The Kier molecular flexibility index (Phi) is 11.4. The van der Waals surface area contributed by atoms with E-state index < -0.39 is 5.41 Å². The molecule has 0 N–H and O–H groups in total. The van der Waals surface area contributed by atoms with Crippen LogP contribution in [0.5, 0.6) is 0 Å². The van der Waals surface area contributed by atoms with E-state index in [1.807, 2.05) is 0 Å². The van der Waals surface area contributed by atoms with Crippen molar-refractivity contribution in [3.05, 3.63) is 291 Å². The van der Waals surface area contributed by atoms with Crippen molar-refractivity contribution in [2.75, 3.05) is 4.90 Å². The van der Waals surface area contributed by atoms with Gasteiger partial charge in [-0.3, -0.25) is 0 Å². The summed E-state index contributed by atoms with van der Waals surface area (Å²) < 4.78 is 5.40. The van der Waals surface area contributed by atoms with Gasteiger partial charge >= 0.3 is 0 Å². The van der Waals surface area contributed by atoms with Crippen LogP contribution in [0.2, 0.25) is 0 Å². The molecule has 2 aliphatic heterocycles. The zero-order valence-corrected chi connectivity index (χ0v) is 54.9. The molecule has 442 valence electrons. The third kappa shape index (κ3) is 7.31. The van der Waals surface area contributed by atoms with Crippen molar-refractivity contribution < 1.29 is 0 Å². The minimum Gasteiger partial charge on any atom is -0.313 e. The SMILES string of the molecule is Cc1cc(C)c(B2c3cc(C(C)(C)C)ccc3N3c4ccc(C(C)(C)C)cc4B(c4c(C)cc(C)cc4C)c4cc(-n5c6ccccc6c6ccc7c8ccccc8n(-c8cccc9c8C8(c%10ccccc%10-c%10ccccc%108)c8ccccc8-9)c7c65)cc2c43)c(C)c1. The number of anilines is 3. The standard InChI is InChI=1S/C87H73B2N3/c1-50-42-52(3)80(53(4)43-50)88-70-46-56(85(7,8)9)36-40-76(70)92-77-41-37-57(86(10,11)12)47-71(77)89(81-54(5)44-51(2)45-55(81)6)73-49-58(48-72(88)84(73)92)90-74-33-21-16-27-62(74)65-38-39-66-63-28-17-22-34-75(63)91(83(66)82(65)90)78-35-23-29-64-61-26-15-20-32-69(61)87(79(64)78)67-30-18-13-24-59(67)60-25-14-19-31-68(60)87/h13-49H,1-12H3. The van der Waals surface area contributed by atoms with Crippen molar-refractivity contribution in [1.29, 1.82) is 0 Å². The lowest BCUT2D eigenvalue weighted by atomic mass is 9.29. The van der Waals surface area contributed by atoms with Crippen molar-refractivity contribution >= 4 is 107 Å². The molecule has 0 saturated carbocycles. The Balaban J connectivity index is 1.02. The molecule has 5 heteroatoms. The fourth-order valence-electron chi connectivity index (χ4n) is 18.4. The summed E-state index contributed by atoms with van der Waals surface area (Å²) in [6, 6.07) is 88.2. The van der Waals surface area contributed by atoms with Crippen LogP contribution in [0.3, 0.4) is 0 Å². The average Bonchev–Trinajstić information content (AvgIpc) is 1.40. The van der Waals surface area contributed by atoms with Gasteiger partial charge in [0.1, 0.15) is 0 Å². The van der Waals surface area contributed by atoms with Gasteiger partial charge < -0.3 is 14.0 Å². The number of aromatic nitrogens is 2. The number of nitrogens with zero attached hydrogens (tertiary/aromatic N) is 3. The minimum atomic E-state index is -0.574. The second-order valence-electron chi connectivity index (χ2n) is 29.5.